The molecular weight excluding hydrogens is 1080 g/mol. The molecule has 508 valence electrons. The summed E-state index contributed by atoms with van der Waals surface area (Å²) in [5.41, 5.74) is 0. The Labute approximate surface area is 537 Å². The van der Waals surface area contributed by atoms with E-state index >= 15 is 0 Å². The Balaban J connectivity index is 4.00. The number of quaternary nitrogens is 1. The van der Waals surface area contributed by atoms with Crippen molar-refractivity contribution in [3.05, 3.63) is 48.6 Å². The number of hydrogen-bond acceptors (Lipinski definition) is 5. The molecule has 3 N–H and O–H groups in total. The van der Waals surface area contributed by atoms with Crippen molar-refractivity contribution in [2.75, 3.05) is 40.9 Å². The van der Waals surface area contributed by atoms with Crippen LogP contribution in [0, 0.1) is 0 Å². The number of carbonyl (C=O) groups is 1. The molecular formula is C77H150N2O6P+. The molecule has 0 aliphatic rings. The third kappa shape index (κ3) is 69.9. The Kier molecular flexibility index (Phi) is 66.6. The number of nitrogens with zero attached hydrogens (tertiary/aromatic N) is 1. The third-order valence-corrected chi connectivity index (χ3v) is 18.5. The number of phosphoric ester groups is 1. The highest BCUT2D eigenvalue weighted by Crippen LogP contribution is 2.43. The molecule has 0 saturated carbocycles. The van der Waals surface area contributed by atoms with Gasteiger partial charge in [-0.3, -0.25) is 13.8 Å². The molecule has 1 amide bonds. The van der Waals surface area contributed by atoms with Crippen molar-refractivity contribution in [1.29, 1.82) is 0 Å². The van der Waals surface area contributed by atoms with Crippen molar-refractivity contribution >= 4 is 13.7 Å². The predicted octanol–water partition coefficient (Wildman–Crippen LogP) is 24.6. The summed E-state index contributed by atoms with van der Waals surface area (Å²) in [5.74, 6) is -0.170. The Hall–Kier alpha value is -1.54. The molecule has 0 spiro atoms. The number of likely N-dealkylation sites (N-methyl/N-ethyl adjacent to an activating group) is 1. The lowest BCUT2D eigenvalue weighted by atomic mass is 10.0. The maximum absolute atomic E-state index is 13.1. The molecule has 86 heavy (non-hydrogen) atoms. The molecule has 0 heterocycles. The second-order valence-corrected chi connectivity index (χ2v) is 28.8. The molecule has 0 bridgehead atoms. The minimum Gasteiger partial charge on any atom is -0.387 e. The number of amides is 1. The van der Waals surface area contributed by atoms with Crippen LogP contribution in [0.4, 0.5) is 0 Å². The van der Waals surface area contributed by atoms with Crippen LogP contribution in [0.5, 0.6) is 0 Å². The van der Waals surface area contributed by atoms with Crippen molar-refractivity contribution < 1.29 is 32.9 Å². The minimum atomic E-state index is -4.36. The van der Waals surface area contributed by atoms with Gasteiger partial charge in [-0.25, -0.2) is 4.57 Å². The molecule has 0 aromatic heterocycles. The highest BCUT2D eigenvalue weighted by atomic mass is 31.2. The number of nitrogens with one attached hydrogen (secondary N) is 1. The lowest BCUT2D eigenvalue weighted by Crippen LogP contribution is -2.45. The number of aliphatic hydroxyl groups excluding tert-OH is 1. The van der Waals surface area contributed by atoms with E-state index in [1.807, 2.05) is 27.2 Å². The monoisotopic (exact) mass is 1230 g/mol. The molecule has 0 aromatic carbocycles. The third-order valence-electron chi connectivity index (χ3n) is 17.5. The van der Waals surface area contributed by atoms with E-state index in [1.165, 1.54) is 321 Å². The SMILES string of the molecule is CCCCCCC/C=C\C/C=C\C/C=C\CCCCCCCCCCCCCCCCCCCCC(=O)NC(COP(=O)(O)OCC[N+](C)(C)C)C(O)/C=C/CCCCCCCCCCCCCCCCCCCCCCCCCCCCCCC. The van der Waals surface area contributed by atoms with E-state index in [4.69, 9.17) is 9.05 Å². The maximum atomic E-state index is 13.1. The van der Waals surface area contributed by atoms with Crippen LogP contribution in [0.1, 0.15) is 386 Å². The number of phosphoric acid groups is 1. The molecule has 0 saturated heterocycles. The second-order valence-electron chi connectivity index (χ2n) is 27.4. The summed E-state index contributed by atoms with van der Waals surface area (Å²) in [7, 11) is 1.59. The zero-order valence-electron chi connectivity index (χ0n) is 58.3. The van der Waals surface area contributed by atoms with Gasteiger partial charge in [-0.15, -0.1) is 0 Å². The quantitative estimate of drug-likeness (QED) is 0.0243. The summed E-state index contributed by atoms with van der Waals surface area (Å²) in [6, 6.07) is -0.849. The molecule has 3 atom stereocenters. The van der Waals surface area contributed by atoms with Gasteiger partial charge >= 0.3 is 7.82 Å². The number of carbonyl (C=O) groups excluding carboxylic acids is 1. The van der Waals surface area contributed by atoms with E-state index in [-0.39, 0.29) is 19.1 Å². The van der Waals surface area contributed by atoms with E-state index < -0.39 is 20.0 Å². The van der Waals surface area contributed by atoms with Gasteiger partial charge in [-0.05, 0) is 57.8 Å². The molecule has 0 aliphatic heterocycles. The Morgan fingerprint density at radius 2 is 0.663 bits per heavy atom. The predicted molar refractivity (Wildman–Crippen MR) is 378 cm³/mol. The van der Waals surface area contributed by atoms with Crippen LogP contribution < -0.4 is 5.32 Å². The summed E-state index contributed by atoms with van der Waals surface area (Å²) in [6.45, 7) is 4.86. The largest absolute Gasteiger partial charge is 0.472 e. The van der Waals surface area contributed by atoms with Crippen molar-refractivity contribution in [2.24, 2.45) is 0 Å². The summed E-state index contributed by atoms with van der Waals surface area (Å²) >= 11 is 0. The molecule has 0 aliphatic carbocycles. The molecule has 0 rings (SSSR count). The molecule has 8 nitrogen and oxygen atoms in total. The van der Waals surface area contributed by atoms with E-state index in [9.17, 15) is 19.4 Å². The topological polar surface area (TPSA) is 105 Å². The summed E-state index contributed by atoms with van der Waals surface area (Å²) in [5, 5.41) is 14.0. The number of allylic oxidation sites excluding steroid dienone is 7. The first-order chi connectivity index (χ1) is 42.0. The van der Waals surface area contributed by atoms with Gasteiger partial charge in [0.15, 0.2) is 0 Å². The fraction of sp³-hybridized carbons (Fsp3) is 0.883. The highest BCUT2D eigenvalue weighted by molar-refractivity contribution is 7.47. The van der Waals surface area contributed by atoms with Crippen molar-refractivity contribution in [1.82, 2.24) is 5.32 Å². The first kappa shape index (κ1) is 84.5. The molecule has 0 fully saturated rings. The van der Waals surface area contributed by atoms with Gasteiger partial charge in [0.25, 0.3) is 0 Å². The van der Waals surface area contributed by atoms with E-state index in [1.54, 1.807) is 6.08 Å². The molecule has 0 aromatic rings. The van der Waals surface area contributed by atoms with Crippen LogP contribution >= 0.6 is 7.82 Å². The van der Waals surface area contributed by atoms with Crippen LogP contribution in [-0.2, 0) is 18.4 Å². The van der Waals surface area contributed by atoms with Crippen molar-refractivity contribution in [3.63, 3.8) is 0 Å². The molecule has 9 heteroatoms. The zero-order chi connectivity index (χ0) is 62.6. The Bertz CT molecular complexity index is 1540. The van der Waals surface area contributed by atoms with Crippen LogP contribution in [0.15, 0.2) is 48.6 Å². The first-order valence-corrected chi connectivity index (χ1v) is 39.5. The van der Waals surface area contributed by atoms with Gasteiger partial charge in [-0.2, -0.15) is 0 Å². The lowest BCUT2D eigenvalue weighted by Gasteiger charge is -2.25. The zero-order valence-corrected chi connectivity index (χ0v) is 59.2. The smallest absolute Gasteiger partial charge is 0.387 e. The second kappa shape index (κ2) is 67.8. The maximum Gasteiger partial charge on any atom is 0.472 e. The standard InChI is InChI=1S/C77H149N2O6P/c1-6-8-10-12-14-16-18-20-22-24-26-28-30-32-34-36-38-39-41-43-45-47-49-51-53-55-57-59-61-63-65-67-69-71-77(81)78-75(74-85-86(82,83)84-73-72-79(3,4)5)76(80)70-68-66-64-62-60-58-56-54-52-50-48-46-44-42-40-37-35-33-31-29-27-25-23-21-19-17-15-13-11-9-7-2/h18,20,24,26,30,32,68,70,75-76,80H,6-17,19,21-23,25,27-29,31,33-67,69,71-74H2,1-5H3,(H-,78,81,82,83)/p+1/b20-18-,26-24-,32-30-,70-68+. The van der Waals surface area contributed by atoms with Gasteiger partial charge in [0.05, 0.1) is 39.9 Å². The van der Waals surface area contributed by atoms with E-state index in [0.717, 1.165) is 44.9 Å². The number of unbranched alkanes of at least 4 members (excludes halogenated alkanes) is 52. The number of aliphatic hydroxyl groups is 1. The van der Waals surface area contributed by atoms with Gasteiger partial charge in [0.1, 0.15) is 13.2 Å². The normalized spacial score (nSPS) is 13.8. The van der Waals surface area contributed by atoms with Gasteiger partial charge in [0, 0.05) is 6.42 Å². The number of rotatable bonds is 71. The van der Waals surface area contributed by atoms with Crippen LogP contribution in [0.3, 0.4) is 0 Å². The van der Waals surface area contributed by atoms with Gasteiger partial charge < -0.3 is 19.8 Å². The van der Waals surface area contributed by atoms with Gasteiger partial charge in [-0.1, -0.05) is 371 Å². The van der Waals surface area contributed by atoms with Crippen LogP contribution in [0.25, 0.3) is 0 Å². The van der Waals surface area contributed by atoms with E-state index in [0.29, 0.717) is 17.4 Å². The van der Waals surface area contributed by atoms with Crippen LogP contribution in [0.2, 0.25) is 0 Å². The Morgan fingerprint density at radius 3 is 0.965 bits per heavy atom. The average molecular weight is 1230 g/mol. The Morgan fingerprint density at radius 1 is 0.395 bits per heavy atom. The fourth-order valence-electron chi connectivity index (χ4n) is 11.6. The van der Waals surface area contributed by atoms with Gasteiger partial charge in [0.2, 0.25) is 5.91 Å². The van der Waals surface area contributed by atoms with Crippen LogP contribution in [-0.4, -0.2) is 73.4 Å². The summed E-state index contributed by atoms with van der Waals surface area (Å²) < 4.78 is 23.9. The molecule has 0 radical (unpaired) electrons. The van der Waals surface area contributed by atoms with E-state index in [2.05, 4.69) is 55.6 Å². The molecule has 3 unspecified atom stereocenters. The lowest BCUT2D eigenvalue weighted by molar-refractivity contribution is -0.870. The number of hydrogen-bond donors (Lipinski definition) is 3. The van der Waals surface area contributed by atoms with Crippen molar-refractivity contribution in [2.45, 2.75) is 398 Å². The minimum absolute atomic E-state index is 0.0628. The van der Waals surface area contributed by atoms with Crippen molar-refractivity contribution in [3.8, 4) is 0 Å². The summed E-state index contributed by atoms with van der Waals surface area (Å²) in [6.07, 6.45) is 92.8. The highest BCUT2D eigenvalue weighted by Gasteiger charge is 2.28. The summed E-state index contributed by atoms with van der Waals surface area (Å²) in [4.78, 5) is 23.5. The fourth-order valence-corrected chi connectivity index (χ4v) is 12.4. The average Bonchev–Trinajstić information content (AvgIpc) is 3.70. The first-order valence-electron chi connectivity index (χ1n) is 38.0.